The second-order valence-corrected chi connectivity index (χ2v) is 4.19. The Morgan fingerprint density at radius 3 is 2.35 bits per heavy atom. The van der Waals surface area contributed by atoms with Crippen LogP contribution in [0.15, 0.2) is 42.5 Å². The lowest BCUT2D eigenvalue weighted by Crippen LogP contribution is -1.87. The number of nitro groups is 1. The van der Waals surface area contributed by atoms with Gasteiger partial charge in [-0.05, 0) is 36.8 Å². The molecule has 0 heterocycles. The molecule has 4 heteroatoms. The Labute approximate surface area is 104 Å². The van der Waals surface area contributed by atoms with Crippen LogP contribution < -0.4 is 0 Å². The molecule has 0 aliphatic rings. The molecule has 0 saturated carbocycles. The molecular weight excluding hydrogens is 238 g/mol. The van der Waals surface area contributed by atoms with Gasteiger partial charge in [-0.25, -0.2) is 0 Å². The van der Waals surface area contributed by atoms with Gasteiger partial charge in [-0.2, -0.15) is 0 Å². The molecule has 2 aromatic carbocycles. The van der Waals surface area contributed by atoms with E-state index < -0.39 is 4.92 Å². The van der Waals surface area contributed by atoms with Gasteiger partial charge in [0.15, 0.2) is 0 Å². The van der Waals surface area contributed by atoms with Crippen LogP contribution in [0.4, 0.5) is 5.69 Å². The van der Waals surface area contributed by atoms with E-state index in [9.17, 15) is 10.1 Å². The largest absolute Gasteiger partial charge is 0.269 e. The van der Waals surface area contributed by atoms with Crippen molar-refractivity contribution in [1.82, 2.24) is 0 Å². The number of aryl methyl sites for hydroxylation is 1. The van der Waals surface area contributed by atoms with E-state index >= 15 is 0 Å². The molecule has 0 atom stereocenters. The molecule has 86 valence electrons. The van der Waals surface area contributed by atoms with Gasteiger partial charge in [0.25, 0.3) is 5.69 Å². The van der Waals surface area contributed by atoms with E-state index in [2.05, 4.69) is 0 Å². The molecule has 0 spiro atoms. The summed E-state index contributed by atoms with van der Waals surface area (Å²) in [4.78, 5) is 10.1. The first-order valence-electron chi connectivity index (χ1n) is 5.09. The van der Waals surface area contributed by atoms with Crippen molar-refractivity contribution < 1.29 is 4.92 Å². The monoisotopic (exact) mass is 247 g/mol. The fourth-order valence-corrected chi connectivity index (χ4v) is 1.85. The van der Waals surface area contributed by atoms with Crippen LogP contribution in [0.1, 0.15) is 5.56 Å². The minimum atomic E-state index is -0.415. The number of rotatable bonds is 2. The fourth-order valence-electron chi connectivity index (χ4n) is 1.62. The van der Waals surface area contributed by atoms with Gasteiger partial charge < -0.3 is 0 Å². The highest BCUT2D eigenvalue weighted by molar-refractivity contribution is 6.33. The maximum absolute atomic E-state index is 10.5. The van der Waals surface area contributed by atoms with Crippen molar-refractivity contribution in [1.29, 1.82) is 0 Å². The minimum absolute atomic E-state index is 0.0810. The number of halogens is 1. The van der Waals surface area contributed by atoms with Gasteiger partial charge in [-0.3, -0.25) is 10.1 Å². The third-order valence-corrected chi connectivity index (χ3v) is 2.84. The third-order valence-electron chi connectivity index (χ3n) is 2.51. The average Bonchev–Trinajstić information content (AvgIpc) is 2.32. The Morgan fingerprint density at radius 1 is 1.12 bits per heavy atom. The van der Waals surface area contributed by atoms with Crippen LogP contribution in [0.25, 0.3) is 11.1 Å². The van der Waals surface area contributed by atoms with Crippen LogP contribution in [-0.2, 0) is 0 Å². The highest BCUT2D eigenvalue weighted by Crippen LogP contribution is 2.29. The summed E-state index contributed by atoms with van der Waals surface area (Å²) in [7, 11) is 0. The van der Waals surface area contributed by atoms with Crippen molar-refractivity contribution in [3.05, 3.63) is 63.2 Å². The molecular formula is C13H10ClNO2. The van der Waals surface area contributed by atoms with Crippen molar-refractivity contribution in [3.63, 3.8) is 0 Å². The summed E-state index contributed by atoms with van der Waals surface area (Å²) in [5, 5.41) is 11.2. The smallest absolute Gasteiger partial charge is 0.258 e. The van der Waals surface area contributed by atoms with Crippen LogP contribution in [0.3, 0.4) is 0 Å². The third kappa shape index (κ3) is 2.45. The summed E-state index contributed by atoms with van der Waals surface area (Å²) in [5.74, 6) is 0. The van der Waals surface area contributed by atoms with Crippen molar-refractivity contribution in [2.45, 2.75) is 6.92 Å². The van der Waals surface area contributed by atoms with Gasteiger partial charge >= 0.3 is 0 Å². The summed E-state index contributed by atoms with van der Waals surface area (Å²) in [6.07, 6.45) is 0. The first kappa shape index (κ1) is 11.6. The summed E-state index contributed by atoms with van der Waals surface area (Å²) in [6.45, 7) is 1.98. The number of nitrogens with zero attached hydrogens (tertiary/aromatic N) is 1. The molecule has 0 bridgehead atoms. The Kier molecular flexibility index (Phi) is 3.11. The number of hydrogen-bond acceptors (Lipinski definition) is 2. The quantitative estimate of drug-likeness (QED) is 0.589. The zero-order valence-electron chi connectivity index (χ0n) is 9.18. The first-order chi connectivity index (χ1) is 8.08. The van der Waals surface area contributed by atoms with E-state index in [0.29, 0.717) is 5.02 Å². The molecule has 17 heavy (non-hydrogen) atoms. The Balaban J connectivity index is 2.46. The van der Waals surface area contributed by atoms with Gasteiger partial charge in [0.2, 0.25) is 0 Å². The van der Waals surface area contributed by atoms with Crippen LogP contribution in [-0.4, -0.2) is 4.92 Å². The van der Waals surface area contributed by atoms with Crippen LogP contribution in [0.5, 0.6) is 0 Å². The average molecular weight is 248 g/mol. The molecule has 0 aliphatic carbocycles. The van der Waals surface area contributed by atoms with E-state index in [4.69, 9.17) is 11.6 Å². The Hall–Kier alpha value is -1.87. The summed E-state index contributed by atoms with van der Waals surface area (Å²) in [6, 6.07) is 12.1. The fraction of sp³-hybridized carbons (Fsp3) is 0.0769. The van der Waals surface area contributed by atoms with E-state index in [-0.39, 0.29) is 5.69 Å². The maximum atomic E-state index is 10.5. The van der Waals surface area contributed by atoms with Crippen molar-refractivity contribution >= 4 is 17.3 Å². The highest BCUT2D eigenvalue weighted by Gasteiger charge is 2.07. The molecule has 3 nitrogen and oxygen atoms in total. The van der Waals surface area contributed by atoms with Gasteiger partial charge in [0.1, 0.15) is 0 Å². The highest BCUT2D eigenvalue weighted by atomic mass is 35.5. The molecule has 2 aromatic rings. The zero-order valence-corrected chi connectivity index (χ0v) is 9.94. The molecule has 0 amide bonds. The second-order valence-electron chi connectivity index (χ2n) is 3.79. The number of nitro benzene ring substituents is 1. The number of benzene rings is 2. The lowest BCUT2D eigenvalue weighted by molar-refractivity contribution is -0.384. The van der Waals surface area contributed by atoms with Crippen LogP contribution in [0.2, 0.25) is 5.02 Å². The van der Waals surface area contributed by atoms with E-state index in [1.54, 1.807) is 12.1 Å². The van der Waals surface area contributed by atoms with Crippen molar-refractivity contribution in [2.24, 2.45) is 0 Å². The van der Waals surface area contributed by atoms with Gasteiger partial charge in [-0.15, -0.1) is 0 Å². The Bertz CT molecular complexity index is 564. The van der Waals surface area contributed by atoms with Gasteiger partial charge in [0.05, 0.1) is 4.92 Å². The molecule has 2 rings (SSSR count). The molecule has 0 unspecified atom stereocenters. The molecule has 0 N–H and O–H groups in total. The summed E-state index contributed by atoms with van der Waals surface area (Å²) in [5.41, 5.74) is 2.95. The van der Waals surface area contributed by atoms with Gasteiger partial charge in [0, 0.05) is 22.7 Å². The lowest BCUT2D eigenvalue weighted by atomic mass is 10.0. The van der Waals surface area contributed by atoms with E-state index in [1.807, 2.05) is 25.1 Å². The summed E-state index contributed by atoms with van der Waals surface area (Å²) < 4.78 is 0. The molecule has 0 fully saturated rings. The predicted octanol–water partition coefficient (Wildman–Crippen LogP) is 4.22. The van der Waals surface area contributed by atoms with Gasteiger partial charge in [-0.1, -0.05) is 23.2 Å². The van der Waals surface area contributed by atoms with E-state index in [1.165, 1.54) is 12.1 Å². The van der Waals surface area contributed by atoms with Crippen molar-refractivity contribution in [3.8, 4) is 11.1 Å². The summed E-state index contributed by atoms with van der Waals surface area (Å²) >= 11 is 6.10. The molecule has 0 saturated heterocycles. The van der Waals surface area contributed by atoms with Crippen LogP contribution >= 0.6 is 11.6 Å². The number of non-ortho nitro benzene ring substituents is 1. The second kappa shape index (κ2) is 4.55. The topological polar surface area (TPSA) is 43.1 Å². The SMILES string of the molecule is Cc1ccc(Cl)c(-c2ccc([N+](=O)[O-])cc2)c1. The zero-order chi connectivity index (χ0) is 12.4. The molecule has 0 aliphatic heterocycles. The predicted molar refractivity (Wildman–Crippen MR) is 68.3 cm³/mol. The Morgan fingerprint density at radius 2 is 1.76 bits per heavy atom. The minimum Gasteiger partial charge on any atom is -0.258 e. The normalized spacial score (nSPS) is 10.2. The molecule has 0 aromatic heterocycles. The lowest BCUT2D eigenvalue weighted by Gasteiger charge is -2.05. The maximum Gasteiger partial charge on any atom is 0.269 e. The van der Waals surface area contributed by atoms with Crippen LogP contribution in [0, 0.1) is 17.0 Å². The first-order valence-corrected chi connectivity index (χ1v) is 5.47. The van der Waals surface area contributed by atoms with E-state index in [0.717, 1.165) is 16.7 Å². The molecule has 0 radical (unpaired) electrons. The number of hydrogen-bond donors (Lipinski definition) is 0. The standard InChI is InChI=1S/C13H10ClNO2/c1-9-2-7-13(14)12(8-9)10-3-5-11(6-4-10)15(16)17/h2-8H,1H3. The van der Waals surface area contributed by atoms with Crippen molar-refractivity contribution in [2.75, 3.05) is 0 Å².